The van der Waals surface area contributed by atoms with E-state index in [2.05, 4.69) is 11.9 Å². The van der Waals surface area contributed by atoms with E-state index >= 15 is 0 Å². The van der Waals surface area contributed by atoms with Crippen LogP contribution in [0.1, 0.15) is 10.6 Å². The van der Waals surface area contributed by atoms with E-state index in [1.54, 1.807) is 11.3 Å². The Bertz CT molecular complexity index is 169. The molecule has 8 heavy (non-hydrogen) atoms. The molecule has 1 rings (SSSR count). The predicted octanol–water partition coefficient (Wildman–Crippen LogP) is 1.83. The summed E-state index contributed by atoms with van der Waals surface area (Å²) in [5.74, 6) is 0. The van der Waals surface area contributed by atoms with Gasteiger partial charge in [0, 0.05) is 4.88 Å². The minimum atomic E-state index is 0.872. The van der Waals surface area contributed by atoms with Crippen LogP contribution in [0.5, 0.6) is 0 Å². The molecule has 2 heteroatoms. The van der Waals surface area contributed by atoms with E-state index in [1.807, 2.05) is 12.4 Å². The monoisotopic (exact) mass is 126 g/mol. The number of hydrogen-bond acceptors (Lipinski definition) is 2. The Kier molecular flexibility index (Phi) is 1.63. The number of rotatable bonds is 1. The van der Waals surface area contributed by atoms with Crippen molar-refractivity contribution in [3.8, 4) is 0 Å². The maximum absolute atomic E-state index is 4.07. The highest BCUT2D eigenvalue weighted by Gasteiger charge is 1.94. The maximum Gasteiger partial charge on any atom is 0.0797 e. The first-order valence-electron chi connectivity index (χ1n) is 2.53. The van der Waals surface area contributed by atoms with Crippen molar-refractivity contribution in [1.82, 2.24) is 4.98 Å². The molecule has 0 atom stereocenters. The zero-order valence-electron chi connectivity index (χ0n) is 4.85. The Hall–Kier alpha value is -0.370. The van der Waals surface area contributed by atoms with Crippen LogP contribution in [0.25, 0.3) is 0 Å². The van der Waals surface area contributed by atoms with Gasteiger partial charge in [-0.05, 0) is 20.3 Å². The van der Waals surface area contributed by atoms with Crippen molar-refractivity contribution >= 4 is 11.3 Å². The Labute approximate surface area is 53.4 Å². The Morgan fingerprint density at radius 2 is 2.62 bits per heavy atom. The zero-order valence-corrected chi connectivity index (χ0v) is 5.66. The number of hydrogen-bond donors (Lipinski definition) is 0. The van der Waals surface area contributed by atoms with Crippen molar-refractivity contribution in [2.24, 2.45) is 0 Å². The van der Waals surface area contributed by atoms with Gasteiger partial charge in [0.15, 0.2) is 0 Å². The van der Waals surface area contributed by atoms with Crippen molar-refractivity contribution in [2.45, 2.75) is 13.3 Å². The Balaban J connectivity index is 2.92. The molecule has 43 valence electrons. The summed E-state index contributed by atoms with van der Waals surface area (Å²) in [4.78, 5) is 5.36. The molecule has 1 nitrogen and oxygen atoms in total. The van der Waals surface area contributed by atoms with Gasteiger partial charge < -0.3 is 0 Å². The van der Waals surface area contributed by atoms with Gasteiger partial charge in [-0.15, -0.1) is 11.3 Å². The van der Waals surface area contributed by atoms with Gasteiger partial charge >= 0.3 is 0 Å². The average Bonchev–Trinajstić information content (AvgIpc) is 2.14. The first-order valence-corrected chi connectivity index (χ1v) is 3.40. The average molecular weight is 126 g/mol. The molecule has 1 aromatic rings. The van der Waals surface area contributed by atoms with Gasteiger partial charge in [0.05, 0.1) is 11.2 Å². The predicted molar refractivity (Wildman–Crippen MR) is 35.9 cm³/mol. The molecule has 0 N–H and O–H groups in total. The molecule has 0 fully saturated rings. The number of nitrogens with zero attached hydrogens (tertiary/aromatic N) is 1. The second-order valence-electron chi connectivity index (χ2n) is 1.61. The fraction of sp³-hybridized carbons (Fsp3) is 0.333. The highest BCUT2D eigenvalue weighted by atomic mass is 32.1. The molecule has 0 saturated carbocycles. The SMILES string of the molecule is [CH2]Cc1scnc1C. The van der Waals surface area contributed by atoms with Crippen molar-refractivity contribution in [2.75, 3.05) is 0 Å². The Morgan fingerprint density at radius 1 is 1.88 bits per heavy atom. The van der Waals surface area contributed by atoms with Crippen LogP contribution in [0.4, 0.5) is 0 Å². The third-order valence-corrected chi connectivity index (χ3v) is 2.07. The topological polar surface area (TPSA) is 12.9 Å². The van der Waals surface area contributed by atoms with Crippen LogP contribution in [0, 0.1) is 13.8 Å². The van der Waals surface area contributed by atoms with Crippen LogP contribution in [0.3, 0.4) is 0 Å². The van der Waals surface area contributed by atoms with Crippen LogP contribution in [0.15, 0.2) is 5.51 Å². The third-order valence-electron chi connectivity index (χ3n) is 1.07. The van der Waals surface area contributed by atoms with Gasteiger partial charge in [0.2, 0.25) is 0 Å². The minimum absolute atomic E-state index is 0.872. The summed E-state index contributed by atoms with van der Waals surface area (Å²) in [6.07, 6.45) is 0.872. The van der Waals surface area contributed by atoms with Gasteiger partial charge in [-0.3, -0.25) is 0 Å². The summed E-state index contributed by atoms with van der Waals surface area (Å²) in [6.45, 7) is 5.77. The number of aryl methyl sites for hydroxylation is 1. The van der Waals surface area contributed by atoms with E-state index < -0.39 is 0 Å². The summed E-state index contributed by atoms with van der Waals surface area (Å²) in [7, 11) is 0. The molecule has 0 aromatic carbocycles. The van der Waals surface area contributed by atoms with E-state index in [0.29, 0.717) is 0 Å². The molecule has 0 aliphatic carbocycles. The molecular weight excluding hydrogens is 118 g/mol. The summed E-state index contributed by atoms with van der Waals surface area (Å²) in [6, 6.07) is 0. The van der Waals surface area contributed by atoms with Crippen LogP contribution in [0.2, 0.25) is 0 Å². The summed E-state index contributed by atoms with van der Waals surface area (Å²) < 4.78 is 0. The van der Waals surface area contributed by atoms with Gasteiger partial charge in [-0.1, -0.05) is 0 Å². The third kappa shape index (κ3) is 0.892. The van der Waals surface area contributed by atoms with Gasteiger partial charge in [-0.25, -0.2) is 4.98 Å². The van der Waals surface area contributed by atoms with Gasteiger partial charge in [-0.2, -0.15) is 0 Å². The van der Waals surface area contributed by atoms with Crippen LogP contribution >= 0.6 is 11.3 Å². The van der Waals surface area contributed by atoms with E-state index in [4.69, 9.17) is 0 Å². The molecule has 0 aliphatic heterocycles. The molecule has 1 aromatic heterocycles. The molecule has 0 saturated heterocycles. The van der Waals surface area contributed by atoms with Crippen LogP contribution in [-0.2, 0) is 6.42 Å². The molecule has 1 heterocycles. The standard InChI is InChI=1S/C6H8NS/c1-3-6-5(2)7-4-8-6/h4H,1,3H2,2H3. The smallest absolute Gasteiger partial charge is 0.0797 e. The first-order chi connectivity index (χ1) is 3.84. The van der Waals surface area contributed by atoms with Crippen LogP contribution < -0.4 is 0 Å². The second kappa shape index (κ2) is 2.27. The van der Waals surface area contributed by atoms with Crippen molar-refractivity contribution in [1.29, 1.82) is 0 Å². The molecule has 0 unspecified atom stereocenters. The lowest BCUT2D eigenvalue weighted by Crippen LogP contribution is -1.76. The van der Waals surface area contributed by atoms with E-state index in [0.717, 1.165) is 12.1 Å². The maximum atomic E-state index is 4.07. The highest BCUT2D eigenvalue weighted by molar-refractivity contribution is 7.09. The van der Waals surface area contributed by atoms with Gasteiger partial charge in [0.25, 0.3) is 0 Å². The van der Waals surface area contributed by atoms with Crippen molar-refractivity contribution < 1.29 is 0 Å². The van der Waals surface area contributed by atoms with Crippen molar-refractivity contribution in [3.63, 3.8) is 0 Å². The summed E-state index contributed by atoms with van der Waals surface area (Å²) >= 11 is 1.68. The van der Waals surface area contributed by atoms with Crippen molar-refractivity contribution in [3.05, 3.63) is 23.0 Å². The molecule has 1 radical (unpaired) electrons. The fourth-order valence-corrected chi connectivity index (χ4v) is 1.25. The fourth-order valence-electron chi connectivity index (χ4n) is 0.566. The van der Waals surface area contributed by atoms with E-state index in [-0.39, 0.29) is 0 Å². The molecule has 0 amide bonds. The Morgan fingerprint density at radius 3 is 2.88 bits per heavy atom. The number of aromatic nitrogens is 1. The number of thiazole rings is 1. The zero-order chi connectivity index (χ0) is 5.98. The molecule has 0 spiro atoms. The molecular formula is C6H8NS. The summed E-state index contributed by atoms with van der Waals surface area (Å²) in [5, 5.41) is 0. The quantitative estimate of drug-likeness (QED) is 0.559. The lowest BCUT2D eigenvalue weighted by molar-refractivity contribution is 1.18. The molecule has 0 aliphatic rings. The summed E-state index contributed by atoms with van der Waals surface area (Å²) in [5.41, 5.74) is 2.99. The van der Waals surface area contributed by atoms with E-state index in [9.17, 15) is 0 Å². The minimum Gasteiger partial charge on any atom is -0.250 e. The first kappa shape index (κ1) is 5.76. The highest BCUT2D eigenvalue weighted by Crippen LogP contribution is 2.11. The normalized spacial score (nSPS) is 9.75. The lowest BCUT2D eigenvalue weighted by atomic mass is 10.3. The lowest BCUT2D eigenvalue weighted by Gasteiger charge is -1.85. The van der Waals surface area contributed by atoms with E-state index in [1.165, 1.54) is 4.88 Å². The molecule has 0 bridgehead atoms. The largest absolute Gasteiger partial charge is 0.250 e. The second-order valence-corrected chi connectivity index (χ2v) is 2.55. The van der Waals surface area contributed by atoms with Gasteiger partial charge in [0.1, 0.15) is 0 Å². The van der Waals surface area contributed by atoms with Crippen LogP contribution in [-0.4, -0.2) is 4.98 Å².